The van der Waals surface area contributed by atoms with Crippen molar-refractivity contribution in [3.05, 3.63) is 40.1 Å². The van der Waals surface area contributed by atoms with Gasteiger partial charge < -0.3 is 5.73 Å². The Morgan fingerprint density at radius 2 is 2.20 bits per heavy atom. The van der Waals surface area contributed by atoms with E-state index in [1.54, 1.807) is 0 Å². The summed E-state index contributed by atoms with van der Waals surface area (Å²) in [6.07, 6.45) is 1.25. The van der Waals surface area contributed by atoms with E-state index < -0.39 is 20.7 Å². The number of benzene rings is 1. The summed E-state index contributed by atoms with van der Waals surface area (Å²) < 4.78 is 40.9. The Hall–Kier alpha value is -1.36. The molecule has 1 heterocycles. The average molecular weight is 364 g/mol. The van der Waals surface area contributed by atoms with Gasteiger partial charge in [-0.1, -0.05) is 15.9 Å². The zero-order valence-corrected chi connectivity index (χ0v) is 12.5. The molecule has 108 valence electrons. The van der Waals surface area contributed by atoms with Gasteiger partial charge in [-0.3, -0.25) is 5.10 Å². The lowest BCUT2D eigenvalue weighted by atomic mass is 10.2. The summed E-state index contributed by atoms with van der Waals surface area (Å²) in [6.45, 7) is -0.220. The highest BCUT2D eigenvalue weighted by atomic mass is 79.9. The van der Waals surface area contributed by atoms with Crippen LogP contribution in [0.1, 0.15) is 11.4 Å². The smallest absolute Gasteiger partial charge is 0.243 e. The first-order chi connectivity index (χ1) is 9.44. The summed E-state index contributed by atoms with van der Waals surface area (Å²) in [5.74, 6) is -0.538. The number of nitrogens with two attached hydrogens (primary N) is 1. The third-order valence-electron chi connectivity index (χ3n) is 2.48. The van der Waals surface area contributed by atoms with Crippen LogP contribution in [-0.4, -0.2) is 23.6 Å². The maximum absolute atomic E-state index is 14.1. The van der Waals surface area contributed by atoms with Gasteiger partial charge in [0.15, 0.2) is 0 Å². The molecule has 0 saturated carbocycles. The molecule has 4 N–H and O–H groups in total. The molecule has 0 aliphatic rings. The van der Waals surface area contributed by atoms with Gasteiger partial charge in [-0.05, 0) is 12.1 Å². The predicted molar refractivity (Wildman–Crippen MR) is 72.4 cm³/mol. The Morgan fingerprint density at radius 3 is 2.80 bits per heavy atom. The molecular weight excluding hydrogens is 353 g/mol. The van der Waals surface area contributed by atoms with E-state index in [-0.39, 0.29) is 18.7 Å². The summed E-state index contributed by atoms with van der Waals surface area (Å²) in [7, 11) is -4.02. The average Bonchev–Trinajstić information content (AvgIpc) is 2.92. The highest BCUT2D eigenvalue weighted by Gasteiger charge is 2.22. The predicted octanol–water partition coefficient (Wildman–Crippen LogP) is 0.643. The van der Waals surface area contributed by atoms with Gasteiger partial charge in [0, 0.05) is 16.6 Å². The summed E-state index contributed by atoms with van der Waals surface area (Å²) in [6, 6.07) is 2.61. The summed E-state index contributed by atoms with van der Waals surface area (Å²) >= 11 is 3.13. The van der Waals surface area contributed by atoms with Crippen LogP contribution in [0.4, 0.5) is 4.39 Å². The van der Waals surface area contributed by atoms with E-state index in [1.807, 2.05) is 0 Å². The lowest BCUT2D eigenvalue weighted by Gasteiger charge is -2.10. The number of aromatic amines is 1. The number of hydrogen-bond acceptors (Lipinski definition) is 5. The quantitative estimate of drug-likeness (QED) is 0.721. The van der Waals surface area contributed by atoms with Gasteiger partial charge in [0.2, 0.25) is 10.0 Å². The molecule has 0 aliphatic heterocycles. The Labute approximate surface area is 123 Å². The van der Waals surface area contributed by atoms with Crippen LogP contribution in [0.3, 0.4) is 0 Å². The Morgan fingerprint density at radius 1 is 1.45 bits per heavy atom. The summed E-state index contributed by atoms with van der Waals surface area (Å²) in [4.78, 5) is 3.30. The molecule has 2 rings (SSSR count). The Bertz CT molecular complexity index is 705. The van der Waals surface area contributed by atoms with Gasteiger partial charge in [0.05, 0.1) is 6.54 Å². The first-order valence-electron chi connectivity index (χ1n) is 5.46. The van der Waals surface area contributed by atoms with Crippen LogP contribution in [0.15, 0.2) is 27.8 Å². The number of halogens is 2. The fourth-order valence-electron chi connectivity index (χ4n) is 1.52. The van der Waals surface area contributed by atoms with E-state index in [0.717, 1.165) is 0 Å². The minimum atomic E-state index is -4.02. The molecule has 10 heteroatoms. The molecule has 20 heavy (non-hydrogen) atoms. The lowest BCUT2D eigenvalue weighted by Crippen LogP contribution is -2.25. The van der Waals surface area contributed by atoms with Crippen molar-refractivity contribution in [2.75, 3.05) is 0 Å². The van der Waals surface area contributed by atoms with E-state index in [9.17, 15) is 12.8 Å². The van der Waals surface area contributed by atoms with Gasteiger partial charge in [0.1, 0.15) is 22.9 Å². The standard InChI is InChI=1S/C10H11BrFN5O2S/c11-7-1-6(3-13)10(12)8(2-7)20(18,19)16-4-9-14-5-15-17-9/h1-2,5,16H,3-4,13H2,(H,14,15,17). The molecule has 0 fully saturated rings. The molecule has 0 unspecified atom stereocenters. The van der Waals surface area contributed by atoms with Gasteiger partial charge in [-0.2, -0.15) is 5.10 Å². The summed E-state index contributed by atoms with van der Waals surface area (Å²) in [5, 5.41) is 6.08. The van der Waals surface area contributed by atoms with E-state index in [4.69, 9.17) is 5.73 Å². The van der Waals surface area contributed by atoms with Crippen LogP contribution in [0, 0.1) is 5.82 Å². The molecule has 0 spiro atoms. The minimum absolute atomic E-state index is 0.101. The Kier molecular flexibility index (Phi) is 4.48. The number of nitrogens with zero attached hydrogens (tertiary/aromatic N) is 2. The third-order valence-corrected chi connectivity index (χ3v) is 4.34. The van der Waals surface area contributed by atoms with Crippen LogP contribution in [0.5, 0.6) is 0 Å². The molecule has 0 amide bonds. The molecular formula is C10H11BrFN5O2S. The van der Waals surface area contributed by atoms with Crippen molar-refractivity contribution in [1.82, 2.24) is 19.9 Å². The van der Waals surface area contributed by atoms with E-state index in [0.29, 0.717) is 10.3 Å². The van der Waals surface area contributed by atoms with Crippen molar-refractivity contribution in [2.24, 2.45) is 5.73 Å². The normalized spacial score (nSPS) is 11.8. The zero-order chi connectivity index (χ0) is 14.8. The second-order valence-electron chi connectivity index (χ2n) is 3.84. The number of hydrogen-bond donors (Lipinski definition) is 3. The van der Waals surface area contributed by atoms with E-state index in [2.05, 4.69) is 35.8 Å². The van der Waals surface area contributed by atoms with Gasteiger partial charge >= 0.3 is 0 Å². The van der Waals surface area contributed by atoms with Crippen LogP contribution < -0.4 is 10.5 Å². The molecule has 0 radical (unpaired) electrons. The van der Waals surface area contributed by atoms with Crippen molar-refractivity contribution in [3.8, 4) is 0 Å². The lowest BCUT2D eigenvalue weighted by molar-refractivity contribution is 0.548. The van der Waals surface area contributed by atoms with Crippen molar-refractivity contribution in [3.63, 3.8) is 0 Å². The molecule has 0 saturated heterocycles. The van der Waals surface area contributed by atoms with Gasteiger partial charge in [0.25, 0.3) is 0 Å². The second-order valence-corrected chi connectivity index (χ2v) is 6.49. The molecule has 0 aliphatic carbocycles. The van der Waals surface area contributed by atoms with Gasteiger partial charge in [-0.15, -0.1) is 0 Å². The van der Waals surface area contributed by atoms with E-state index >= 15 is 0 Å². The highest BCUT2D eigenvalue weighted by Crippen LogP contribution is 2.23. The fraction of sp³-hybridized carbons (Fsp3) is 0.200. The molecule has 0 atom stereocenters. The summed E-state index contributed by atoms with van der Waals surface area (Å²) in [5.41, 5.74) is 5.49. The molecule has 2 aromatic rings. The first kappa shape index (κ1) is 15.0. The van der Waals surface area contributed by atoms with Crippen molar-refractivity contribution in [1.29, 1.82) is 0 Å². The van der Waals surface area contributed by atoms with Crippen LogP contribution >= 0.6 is 15.9 Å². The molecule has 1 aromatic heterocycles. The molecule has 1 aromatic carbocycles. The molecule has 0 bridgehead atoms. The second kappa shape index (κ2) is 5.95. The maximum atomic E-state index is 14.1. The fourth-order valence-corrected chi connectivity index (χ4v) is 3.31. The van der Waals surface area contributed by atoms with Gasteiger partial charge in [-0.25, -0.2) is 22.5 Å². The van der Waals surface area contributed by atoms with E-state index in [1.165, 1.54) is 18.5 Å². The SMILES string of the molecule is NCc1cc(Br)cc(S(=O)(=O)NCc2ncn[nH]2)c1F. The largest absolute Gasteiger partial charge is 0.326 e. The van der Waals surface area contributed by atoms with Crippen molar-refractivity contribution in [2.45, 2.75) is 18.0 Å². The van der Waals surface area contributed by atoms with Crippen LogP contribution in [0.2, 0.25) is 0 Å². The Balaban J connectivity index is 2.31. The number of aromatic nitrogens is 3. The van der Waals surface area contributed by atoms with Crippen LogP contribution in [-0.2, 0) is 23.1 Å². The highest BCUT2D eigenvalue weighted by molar-refractivity contribution is 9.10. The number of nitrogens with one attached hydrogen (secondary N) is 2. The van der Waals surface area contributed by atoms with Crippen molar-refractivity contribution < 1.29 is 12.8 Å². The third kappa shape index (κ3) is 3.20. The number of H-pyrrole nitrogens is 1. The van der Waals surface area contributed by atoms with Crippen molar-refractivity contribution >= 4 is 26.0 Å². The maximum Gasteiger partial charge on any atom is 0.243 e. The topological polar surface area (TPSA) is 114 Å². The minimum Gasteiger partial charge on any atom is -0.326 e. The monoisotopic (exact) mass is 363 g/mol. The zero-order valence-electron chi connectivity index (χ0n) is 10.1. The first-order valence-corrected chi connectivity index (χ1v) is 7.73. The molecule has 7 nitrogen and oxygen atoms in total. The number of sulfonamides is 1. The van der Waals surface area contributed by atoms with Crippen LogP contribution in [0.25, 0.3) is 0 Å². The number of rotatable bonds is 5.